The van der Waals surface area contributed by atoms with E-state index in [2.05, 4.69) is 59.7 Å². The Kier molecular flexibility index (Phi) is 4.59. The van der Waals surface area contributed by atoms with E-state index in [1.165, 1.54) is 29.3 Å². The van der Waals surface area contributed by atoms with E-state index in [1.54, 1.807) is 0 Å². The highest BCUT2D eigenvalue weighted by atomic mass is 15.1. The Balaban J connectivity index is 2.01. The lowest BCUT2D eigenvalue weighted by Gasteiger charge is -2.19. The molecular weight excluding hydrogens is 220 g/mol. The van der Waals surface area contributed by atoms with Crippen LogP contribution in [0.2, 0.25) is 0 Å². The quantitative estimate of drug-likeness (QED) is 0.782. The van der Waals surface area contributed by atoms with Crippen LogP contribution < -0.4 is 10.2 Å². The molecule has 0 aliphatic carbocycles. The topological polar surface area (TPSA) is 15.3 Å². The number of anilines is 1. The summed E-state index contributed by atoms with van der Waals surface area (Å²) in [5.74, 6) is 0. The Morgan fingerprint density at radius 3 is 2.56 bits per heavy atom. The number of benzene rings is 2. The van der Waals surface area contributed by atoms with Crippen LogP contribution in [0.5, 0.6) is 0 Å². The third-order valence-electron chi connectivity index (χ3n) is 3.34. The number of unbranched alkanes of at least 4 members (excludes halogenated alkanes) is 1. The Morgan fingerprint density at radius 2 is 1.78 bits per heavy atom. The fourth-order valence-electron chi connectivity index (χ4n) is 2.19. The molecule has 0 unspecified atom stereocenters. The van der Waals surface area contributed by atoms with Gasteiger partial charge in [-0.05, 0) is 49.3 Å². The molecule has 0 saturated heterocycles. The Morgan fingerprint density at radius 1 is 1.00 bits per heavy atom. The zero-order chi connectivity index (χ0) is 12.8. The molecule has 0 bridgehead atoms. The fourth-order valence-corrected chi connectivity index (χ4v) is 2.19. The summed E-state index contributed by atoms with van der Waals surface area (Å²) in [6.07, 6.45) is 2.46. The first-order valence-electron chi connectivity index (χ1n) is 6.66. The number of nitrogens with one attached hydrogen (secondary N) is 1. The number of fused-ring (bicyclic) bond motifs is 1. The first kappa shape index (κ1) is 12.9. The van der Waals surface area contributed by atoms with Crippen LogP contribution in [0.15, 0.2) is 42.5 Å². The van der Waals surface area contributed by atoms with Crippen molar-refractivity contribution in [3.8, 4) is 0 Å². The third kappa shape index (κ3) is 3.23. The summed E-state index contributed by atoms with van der Waals surface area (Å²) in [7, 11) is 4.18. The minimum Gasteiger partial charge on any atom is -0.375 e. The van der Waals surface area contributed by atoms with Crippen molar-refractivity contribution in [2.24, 2.45) is 0 Å². The van der Waals surface area contributed by atoms with E-state index >= 15 is 0 Å². The maximum absolute atomic E-state index is 3.19. The molecule has 2 aromatic rings. The van der Waals surface area contributed by atoms with Gasteiger partial charge in [0.1, 0.15) is 0 Å². The molecule has 0 spiro atoms. The second kappa shape index (κ2) is 6.41. The number of nitrogens with zero attached hydrogens (tertiary/aromatic N) is 1. The predicted molar refractivity (Wildman–Crippen MR) is 80.4 cm³/mol. The molecule has 2 rings (SSSR count). The van der Waals surface area contributed by atoms with Crippen LogP contribution >= 0.6 is 0 Å². The van der Waals surface area contributed by atoms with Crippen molar-refractivity contribution in [1.29, 1.82) is 0 Å². The van der Waals surface area contributed by atoms with Gasteiger partial charge >= 0.3 is 0 Å². The normalized spacial score (nSPS) is 10.8. The van der Waals surface area contributed by atoms with Gasteiger partial charge < -0.3 is 10.2 Å². The smallest absolute Gasteiger partial charge is 0.0370 e. The molecule has 0 atom stereocenters. The van der Waals surface area contributed by atoms with E-state index in [4.69, 9.17) is 0 Å². The van der Waals surface area contributed by atoms with Crippen LogP contribution in [-0.2, 0) is 0 Å². The molecule has 0 amide bonds. The first-order chi connectivity index (χ1) is 8.81. The molecule has 0 radical (unpaired) electrons. The lowest BCUT2D eigenvalue weighted by Crippen LogP contribution is -2.19. The van der Waals surface area contributed by atoms with Crippen LogP contribution in [0.4, 0.5) is 5.69 Å². The number of hydrogen-bond acceptors (Lipinski definition) is 2. The van der Waals surface area contributed by atoms with Crippen LogP contribution in [0.25, 0.3) is 10.8 Å². The molecule has 96 valence electrons. The second-order valence-electron chi connectivity index (χ2n) is 4.76. The van der Waals surface area contributed by atoms with Crippen LogP contribution in [-0.4, -0.2) is 27.2 Å². The van der Waals surface area contributed by atoms with Gasteiger partial charge in [-0.3, -0.25) is 0 Å². The molecule has 0 saturated carbocycles. The zero-order valence-electron chi connectivity index (χ0n) is 11.3. The second-order valence-corrected chi connectivity index (χ2v) is 4.76. The van der Waals surface area contributed by atoms with E-state index in [0.717, 1.165) is 13.1 Å². The van der Waals surface area contributed by atoms with Gasteiger partial charge in [0.15, 0.2) is 0 Å². The van der Waals surface area contributed by atoms with Crippen molar-refractivity contribution < 1.29 is 0 Å². The van der Waals surface area contributed by atoms with Crippen molar-refractivity contribution in [3.05, 3.63) is 42.5 Å². The fraction of sp³-hybridized carbons (Fsp3) is 0.375. The summed E-state index contributed by atoms with van der Waals surface area (Å²) in [4.78, 5) is 2.34. The largest absolute Gasteiger partial charge is 0.375 e. The lowest BCUT2D eigenvalue weighted by molar-refractivity contribution is 0.671. The molecule has 18 heavy (non-hydrogen) atoms. The molecule has 0 aromatic heterocycles. The van der Waals surface area contributed by atoms with Crippen LogP contribution in [0, 0.1) is 0 Å². The highest BCUT2D eigenvalue weighted by Gasteiger charge is 2.01. The Labute approximate surface area is 110 Å². The van der Waals surface area contributed by atoms with Crippen molar-refractivity contribution in [3.63, 3.8) is 0 Å². The van der Waals surface area contributed by atoms with Gasteiger partial charge in [0, 0.05) is 19.3 Å². The minimum atomic E-state index is 1.10. The average Bonchev–Trinajstić information content (AvgIpc) is 2.43. The molecule has 0 fully saturated rings. The molecule has 2 aromatic carbocycles. The molecule has 0 aliphatic rings. The molecule has 2 nitrogen and oxygen atoms in total. The summed E-state index contributed by atoms with van der Waals surface area (Å²) >= 11 is 0. The van der Waals surface area contributed by atoms with Crippen LogP contribution in [0.3, 0.4) is 0 Å². The Bertz CT molecular complexity index is 493. The maximum Gasteiger partial charge on any atom is 0.0370 e. The van der Waals surface area contributed by atoms with Gasteiger partial charge in [-0.25, -0.2) is 0 Å². The monoisotopic (exact) mass is 242 g/mol. The summed E-state index contributed by atoms with van der Waals surface area (Å²) in [5.41, 5.74) is 1.30. The van der Waals surface area contributed by atoms with Gasteiger partial charge in [-0.15, -0.1) is 0 Å². The summed E-state index contributed by atoms with van der Waals surface area (Å²) in [5, 5.41) is 5.81. The Hall–Kier alpha value is -1.54. The van der Waals surface area contributed by atoms with E-state index in [9.17, 15) is 0 Å². The molecule has 0 heterocycles. The molecule has 2 heteroatoms. The zero-order valence-corrected chi connectivity index (χ0v) is 11.3. The minimum absolute atomic E-state index is 1.10. The SMILES string of the molecule is CNCCCCN(C)c1ccc2ccccc2c1. The van der Waals surface area contributed by atoms with Gasteiger partial charge in [0.2, 0.25) is 0 Å². The third-order valence-corrected chi connectivity index (χ3v) is 3.34. The summed E-state index contributed by atoms with van der Waals surface area (Å²) < 4.78 is 0. The van der Waals surface area contributed by atoms with Gasteiger partial charge in [-0.2, -0.15) is 0 Å². The first-order valence-corrected chi connectivity index (χ1v) is 6.66. The van der Waals surface area contributed by atoms with E-state index in [-0.39, 0.29) is 0 Å². The van der Waals surface area contributed by atoms with E-state index in [0.29, 0.717) is 0 Å². The van der Waals surface area contributed by atoms with E-state index < -0.39 is 0 Å². The highest BCUT2D eigenvalue weighted by Crippen LogP contribution is 2.21. The molecule has 0 aliphatic heterocycles. The average molecular weight is 242 g/mol. The van der Waals surface area contributed by atoms with E-state index in [1.807, 2.05) is 7.05 Å². The van der Waals surface area contributed by atoms with Gasteiger partial charge in [0.25, 0.3) is 0 Å². The van der Waals surface area contributed by atoms with Crippen molar-refractivity contribution >= 4 is 16.5 Å². The standard InChI is InChI=1S/C16H22N2/c1-17-11-5-6-12-18(2)16-10-9-14-7-3-4-8-15(14)13-16/h3-4,7-10,13,17H,5-6,11-12H2,1-2H3. The van der Waals surface area contributed by atoms with Gasteiger partial charge in [0.05, 0.1) is 0 Å². The lowest BCUT2D eigenvalue weighted by atomic mass is 10.1. The van der Waals surface area contributed by atoms with Crippen molar-refractivity contribution in [2.75, 3.05) is 32.1 Å². The van der Waals surface area contributed by atoms with Crippen molar-refractivity contribution in [1.82, 2.24) is 5.32 Å². The predicted octanol–water partition coefficient (Wildman–Crippen LogP) is 3.28. The molecule has 1 N–H and O–H groups in total. The maximum atomic E-state index is 3.19. The number of rotatable bonds is 6. The molecular formula is C16H22N2. The number of hydrogen-bond donors (Lipinski definition) is 1. The summed E-state index contributed by atoms with van der Waals surface area (Å²) in [6.45, 7) is 2.21. The van der Waals surface area contributed by atoms with Gasteiger partial charge in [-0.1, -0.05) is 30.3 Å². The van der Waals surface area contributed by atoms with Crippen LogP contribution in [0.1, 0.15) is 12.8 Å². The summed E-state index contributed by atoms with van der Waals surface area (Å²) in [6, 6.07) is 15.2. The van der Waals surface area contributed by atoms with Crippen molar-refractivity contribution in [2.45, 2.75) is 12.8 Å². The highest BCUT2D eigenvalue weighted by molar-refractivity contribution is 5.85.